The second kappa shape index (κ2) is 8.16. The Bertz CT molecular complexity index is 552. The van der Waals surface area contributed by atoms with Crippen LogP contribution >= 0.6 is 0 Å². The first-order valence-corrected chi connectivity index (χ1v) is 7.23. The fourth-order valence-electron chi connectivity index (χ4n) is 1.97. The Labute approximate surface area is 124 Å². The van der Waals surface area contributed by atoms with E-state index >= 15 is 0 Å². The number of nitrogens with zero attached hydrogens (tertiary/aromatic N) is 3. The molecule has 1 heterocycles. The number of hydrogen-bond acceptors (Lipinski definition) is 4. The number of unbranched alkanes of at least 4 members (excludes halogenated alkanes) is 2. The number of benzene rings is 1. The number of nitrogens with two attached hydrogens (primary N) is 1. The Morgan fingerprint density at radius 2 is 2.00 bits per heavy atom. The molecule has 0 saturated carbocycles. The Morgan fingerprint density at radius 3 is 2.76 bits per heavy atom. The fourth-order valence-corrected chi connectivity index (χ4v) is 1.97. The number of hydrogen-bond donors (Lipinski definition) is 2. The van der Waals surface area contributed by atoms with E-state index in [0.717, 1.165) is 30.6 Å². The Balaban J connectivity index is 1.77. The molecular weight excluding hydrogens is 266 g/mol. The lowest BCUT2D eigenvalue weighted by Gasteiger charge is -2.02. The average Bonchev–Trinajstić information content (AvgIpc) is 2.99. The van der Waals surface area contributed by atoms with Crippen molar-refractivity contribution in [2.75, 3.05) is 6.54 Å². The van der Waals surface area contributed by atoms with Crippen molar-refractivity contribution in [1.82, 2.24) is 20.3 Å². The third-order valence-corrected chi connectivity index (χ3v) is 3.14. The van der Waals surface area contributed by atoms with Crippen molar-refractivity contribution < 1.29 is 4.79 Å². The molecule has 0 atom stereocenters. The first-order valence-electron chi connectivity index (χ1n) is 7.23. The quantitative estimate of drug-likeness (QED) is 0.719. The van der Waals surface area contributed by atoms with Crippen LogP contribution in [0.5, 0.6) is 0 Å². The van der Waals surface area contributed by atoms with E-state index in [1.807, 2.05) is 36.5 Å². The molecule has 3 N–H and O–H groups in total. The van der Waals surface area contributed by atoms with Gasteiger partial charge in [0.2, 0.25) is 5.91 Å². The molecule has 6 nitrogen and oxygen atoms in total. The van der Waals surface area contributed by atoms with Crippen molar-refractivity contribution in [2.45, 2.75) is 32.2 Å². The number of para-hydroxylation sites is 1. The number of nitrogens with one attached hydrogen (secondary N) is 1. The van der Waals surface area contributed by atoms with Gasteiger partial charge in [-0.1, -0.05) is 29.8 Å². The van der Waals surface area contributed by atoms with E-state index in [1.54, 1.807) is 4.68 Å². The van der Waals surface area contributed by atoms with Crippen LogP contribution < -0.4 is 11.1 Å². The summed E-state index contributed by atoms with van der Waals surface area (Å²) in [4.78, 5) is 11.7. The van der Waals surface area contributed by atoms with Gasteiger partial charge in [-0.3, -0.25) is 4.79 Å². The first-order chi connectivity index (χ1) is 10.3. The van der Waals surface area contributed by atoms with Gasteiger partial charge in [-0.25, -0.2) is 4.68 Å². The van der Waals surface area contributed by atoms with Crippen molar-refractivity contribution >= 4 is 5.91 Å². The molecular formula is C15H21N5O. The number of carbonyl (C=O) groups excluding carboxylic acids is 1. The minimum atomic E-state index is 0.0429. The van der Waals surface area contributed by atoms with Crippen LogP contribution in [0.25, 0.3) is 5.69 Å². The van der Waals surface area contributed by atoms with Crippen LogP contribution in [0.15, 0.2) is 36.5 Å². The van der Waals surface area contributed by atoms with Gasteiger partial charge in [0.15, 0.2) is 0 Å². The Kier molecular flexibility index (Phi) is 5.90. The van der Waals surface area contributed by atoms with Crippen LogP contribution in [0, 0.1) is 0 Å². The van der Waals surface area contributed by atoms with Crippen LogP contribution in [0.2, 0.25) is 0 Å². The molecule has 112 valence electrons. The molecule has 0 saturated heterocycles. The lowest BCUT2D eigenvalue weighted by atomic mass is 10.2. The summed E-state index contributed by atoms with van der Waals surface area (Å²) in [6, 6.07) is 9.74. The number of amides is 1. The van der Waals surface area contributed by atoms with E-state index in [-0.39, 0.29) is 5.91 Å². The minimum absolute atomic E-state index is 0.0429. The number of rotatable bonds is 8. The molecule has 0 aliphatic heterocycles. The third-order valence-electron chi connectivity index (χ3n) is 3.14. The largest absolute Gasteiger partial charge is 0.350 e. The molecule has 1 amide bonds. The van der Waals surface area contributed by atoms with Crippen molar-refractivity contribution in [2.24, 2.45) is 5.73 Å². The maximum absolute atomic E-state index is 11.7. The lowest BCUT2D eigenvalue weighted by Crippen LogP contribution is -2.22. The van der Waals surface area contributed by atoms with Gasteiger partial charge < -0.3 is 11.1 Å². The van der Waals surface area contributed by atoms with E-state index < -0.39 is 0 Å². The van der Waals surface area contributed by atoms with Crippen LogP contribution in [0.4, 0.5) is 0 Å². The van der Waals surface area contributed by atoms with Gasteiger partial charge in [0.1, 0.15) is 5.69 Å². The summed E-state index contributed by atoms with van der Waals surface area (Å²) in [6.07, 6.45) is 5.20. The smallest absolute Gasteiger partial charge is 0.220 e. The van der Waals surface area contributed by atoms with Gasteiger partial charge in [0.25, 0.3) is 0 Å². The number of carbonyl (C=O) groups is 1. The molecule has 2 aromatic rings. The van der Waals surface area contributed by atoms with Gasteiger partial charge in [-0.15, -0.1) is 5.10 Å². The monoisotopic (exact) mass is 287 g/mol. The van der Waals surface area contributed by atoms with Gasteiger partial charge in [-0.2, -0.15) is 0 Å². The average molecular weight is 287 g/mol. The zero-order valence-electron chi connectivity index (χ0n) is 12.0. The predicted molar refractivity (Wildman–Crippen MR) is 80.7 cm³/mol. The highest BCUT2D eigenvalue weighted by molar-refractivity contribution is 5.75. The third kappa shape index (κ3) is 5.00. The second-order valence-electron chi connectivity index (χ2n) is 4.87. The summed E-state index contributed by atoms with van der Waals surface area (Å²) in [5.41, 5.74) is 7.11. The Morgan fingerprint density at radius 1 is 1.19 bits per heavy atom. The van der Waals surface area contributed by atoms with Crippen molar-refractivity contribution in [3.63, 3.8) is 0 Å². The standard InChI is InChI=1S/C15H21N5O/c16-10-6-2-5-9-15(21)17-11-13-12-20(19-18-13)14-7-3-1-4-8-14/h1,3-4,7-8,12H,2,5-6,9-11,16H2,(H,17,21). The zero-order chi connectivity index (χ0) is 14.9. The molecule has 6 heteroatoms. The maximum atomic E-state index is 11.7. The van der Waals surface area contributed by atoms with Crippen molar-refractivity contribution in [1.29, 1.82) is 0 Å². The molecule has 0 fully saturated rings. The summed E-state index contributed by atoms with van der Waals surface area (Å²) >= 11 is 0. The minimum Gasteiger partial charge on any atom is -0.350 e. The SMILES string of the molecule is NCCCCCC(=O)NCc1cn(-c2ccccc2)nn1. The van der Waals surface area contributed by atoms with E-state index in [1.165, 1.54) is 0 Å². The van der Waals surface area contributed by atoms with Gasteiger partial charge in [0.05, 0.1) is 18.4 Å². The molecule has 0 aliphatic carbocycles. The van der Waals surface area contributed by atoms with Crippen LogP contribution in [0.1, 0.15) is 31.4 Å². The molecule has 0 bridgehead atoms. The fraction of sp³-hybridized carbons (Fsp3) is 0.400. The molecule has 0 spiro atoms. The molecule has 2 rings (SSSR count). The van der Waals surface area contributed by atoms with Gasteiger partial charge in [0, 0.05) is 6.42 Å². The first kappa shape index (κ1) is 15.2. The van der Waals surface area contributed by atoms with E-state index in [0.29, 0.717) is 19.5 Å². The van der Waals surface area contributed by atoms with Crippen LogP contribution in [-0.2, 0) is 11.3 Å². The number of aromatic nitrogens is 3. The second-order valence-corrected chi connectivity index (χ2v) is 4.87. The Hall–Kier alpha value is -2.21. The highest BCUT2D eigenvalue weighted by Crippen LogP contribution is 2.05. The summed E-state index contributed by atoms with van der Waals surface area (Å²) < 4.78 is 1.70. The van der Waals surface area contributed by atoms with Gasteiger partial charge >= 0.3 is 0 Å². The molecule has 1 aromatic heterocycles. The molecule has 21 heavy (non-hydrogen) atoms. The van der Waals surface area contributed by atoms with Crippen LogP contribution in [-0.4, -0.2) is 27.4 Å². The summed E-state index contributed by atoms with van der Waals surface area (Å²) in [6.45, 7) is 1.09. The summed E-state index contributed by atoms with van der Waals surface area (Å²) in [5, 5.41) is 11.0. The molecule has 1 aromatic carbocycles. The lowest BCUT2D eigenvalue weighted by molar-refractivity contribution is -0.121. The summed E-state index contributed by atoms with van der Waals surface area (Å²) in [7, 11) is 0. The molecule has 0 unspecified atom stereocenters. The van der Waals surface area contributed by atoms with Crippen molar-refractivity contribution in [3.8, 4) is 5.69 Å². The topological polar surface area (TPSA) is 85.8 Å². The van der Waals surface area contributed by atoms with E-state index in [9.17, 15) is 4.79 Å². The van der Waals surface area contributed by atoms with E-state index in [2.05, 4.69) is 15.6 Å². The molecule has 0 aliphatic rings. The highest BCUT2D eigenvalue weighted by Gasteiger charge is 2.05. The van der Waals surface area contributed by atoms with Gasteiger partial charge in [-0.05, 0) is 31.5 Å². The maximum Gasteiger partial charge on any atom is 0.220 e. The summed E-state index contributed by atoms with van der Waals surface area (Å²) in [5.74, 6) is 0.0429. The predicted octanol–water partition coefficient (Wildman–Crippen LogP) is 1.40. The normalized spacial score (nSPS) is 10.5. The van der Waals surface area contributed by atoms with Crippen LogP contribution in [0.3, 0.4) is 0 Å². The van der Waals surface area contributed by atoms with Crippen molar-refractivity contribution in [3.05, 3.63) is 42.2 Å². The zero-order valence-corrected chi connectivity index (χ0v) is 12.0. The van der Waals surface area contributed by atoms with E-state index in [4.69, 9.17) is 5.73 Å². The highest BCUT2D eigenvalue weighted by atomic mass is 16.1. The molecule has 0 radical (unpaired) electrons.